The monoisotopic (exact) mass is 702 g/mol. The molecule has 6 atom stereocenters. The van der Waals surface area contributed by atoms with Crippen LogP contribution in [0.4, 0.5) is 9.18 Å². The van der Waals surface area contributed by atoms with E-state index in [0.29, 0.717) is 24.0 Å². The molecule has 0 radical (unpaired) electrons. The fourth-order valence-corrected chi connectivity index (χ4v) is 8.30. The summed E-state index contributed by atoms with van der Waals surface area (Å²) in [5, 5.41) is 1.96. The number of carbonyl (C=O) groups excluding carboxylic acids is 6. The Bertz CT molecular complexity index is 1710. The first-order valence-corrected chi connectivity index (χ1v) is 18.0. The van der Waals surface area contributed by atoms with Crippen molar-refractivity contribution in [2.24, 2.45) is 17.3 Å². The summed E-state index contributed by atoms with van der Waals surface area (Å²) >= 11 is 0. The molecule has 49 heavy (non-hydrogen) atoms. The second kappa shape index (κ2) is 13.2. The van der Waals surface area contributed by atoms with Gasteiger partial charge in [0.15, 0.2) is 11.9 Å². The van der Waals surface area contributed by atoms with Gasteiger partial charge in [-0.05, 0) is 36.8 Å². The Morgan fingerprint density at radius 1 is 1.18 bits per heavy atom. The number of halogens is 1. The number of esters is 1. The molecule has 1 aromatic carbocycles. The van der Waals surface area contributed by atoms with Gasteiger partial charge in [0.1, 0.15) is 11.9 Å². The number of cyclic esters (lactones) is 1. The first-order valence-electron chi connectivity index (χ1n) is 16.4. The van der Waals surface area contributed by atoms with Crippen LogP contribution in [-0.4, -0.2) is 90.4 Å². The van der Waals surface area contributed by atoms with Gasteiger partial charge in [-0.2, -0.15) is 0 Å². The Kier molecular flexibility index (Phi) is 9.28. The molecule has 2 aliphatic carbocycles. The minimum atomic E-state index is -3.88. The fraction of sp³-hybridized carbons (Fsp3) is 0.576. The zero-order chi connectivity index (χ0) is 35.2. The molecule has 14 nitrogen and oxygen atoms in total. The number of hydrogen-bond donors (Lipinski definition) is 2. The smallest absolute Gasteiger partial charge is 0.410 e. The number of allylic oxidation sites excluding steroid dienone is 1. The van der Waals surface area contributed by atoms with Crippen LogP contribution in [0.25, 0.3) is 0 Å². The average Bonchev–Trinajstić information content (AvgIpc) is 3.88. The highest BCUT2D eigenvalue weighted by Gasteiger charge is 2.61. The highest BCUT2D eigenvalue weighted by Crippen LogP contribution is 2.57. The predicted molar refractivity (Wildman–Crippen MR) is 168 cm³/mol. The highest BCUT2D eigenvalue weighted by molar-refractivity contribution is 7.90. The van der Waals surface area contributed by atoms with Crippen LogP contribution in [0.1, 0.15) is 63.0 Å². The maximum Gasteiger partial charge on any atom is 0.410 e. The molecule has 0 aromatic heterocycles. The molecule has 6 rings (SSSR count). The lowest BCUT2D eigenvalue weighted by Gasteiger charge is -2.28. The molecule has 16 heteroatoms. The molecule has 2 saturated carbocycles. The van der Waals surface area contributed by atoms with Gasteiger partial charge < -0.3 is 19.7 Å². The van der Waals surface area contributed by atoms with E-state index in [2.05, 4.69) is 16.6 Å². The molecule has 0 spiro atoms. The Balaban J connectivity index is 1.15. The summed E-state index contributed by atoms with van der Waals surface area (Å²) in [4.78, 5) is 80.8. The summed E-state index contributed by atoms with van der Waals surface area (Å²) in [7, 11) is -3.88. The lowest BCUT2D eigenvalue weighted by molar-refractivity contribution is -0.148. The van der Waals surface area contributed by atoms with Crippen LogP contribution in [0.5, 0.6) is 0 Å². The molecule has 3 heterocycles. The lowest BCUT2D eigenvalue weighted by atomic mass is 9.91. The third kappa shape index (κ3) is 7.05. The zero-order valence-corrected chi connectivity index (χ0v) is 27.8. The van der Waals surface area contributed by atoms with Crippen molar-refractivity contribution in [2.75, 3.05) is 13.1 Å². The topological polar surface area (TPSA) is 186 Å². The van der Waals surface area contributed by atoms with Crippen LogP contribution in [0, 0.1) is 23.1 Å². The number of ketones is 1. The number of carbonyl (C=O) groups is 6. The molecule has 0 bridgehead atoms. The van der Waals surface area contributed by atoms with Crippen molar-refractivity contribution < 1.29 is 51.0 Å². The van der Waals surface area contributed by atoms with Gasteiger partial charge in [0.25, 0.3) is 5.91 Å². The minimum absolute atomic E-state index is 0.00403. The summed E-state index contributed by atoms with van der Waals surface area (Å²) in [6.07, 6.45) is -0.146. The van der Waals surface area contributed by atoms with Crippen LogP contribution >= 0.6 is 0 Å². The first kappa shape index (κ1) is 34.5. The Hall–Kier alpha value is -4.34. The van der Waals surface area contributed by atoms with E-state index in [0.717, 1.165) is 0 Å². The van der Waals surface area contributed by atoms with Crippen LogP contribution in [-0.2, 0) is 56.6 Å². The number of Topliss-reactive ketones (excluding diaryl/α,β-unsaturated/α-hetero) is 1. The van der Waals surface area contributed by atoms with Crippen molar-refractivity contribution in [3.8, 4) is 0 Å². The first-order chi connectivity index (χ1) is 23.2. The number of fused-ring (bicyclic) bond motifs is 1. The summed E-state index contributed by atoms with van der Waals surface area (Å²) in [6, 6.07) is 3.45. The quantitative estimate of drug-likeness (QED) is 0.239. The number of ether oxygens (including phenoxy) is 2. The maximum atomic E-state index is 14.3. The third-order valence-corrected chi connectivity index (χ3v) is 11.9. The predicted octanol–water partition coefficient (Wildman–Crippen LogP) is 1.47. The Labute approximate surface area is 282 Å². The molecular weight excluding hydrogens is 663 g/mol. The van der Waals surface area contributed by atoms with E-state index in [-0.39, 0.29) is 58.3 Å². The number of sulfonamides is 1. The molecule has 2 N–H and O–H groups in total. The molecule has 4 fully saturated rings. The van der Waals surface area contributed by atoms with E-state index < -0.39 is 92.2 Å². The maximum absolute atomic E-state index is 14.3. The van der Waals surface area contributed by atoms with E-state index in [1.165, 1.54) is 21.9 Å². The minimum Gasteiger partial charge on any atom is -0.452 e. The second-order valence-corrected chi connectivity index (χ2v) is 15.6. The lowest BCUT2D eigenvalue weighted by Crippen LogP contribution is -2.48. The van der Waals surface area contributed by atoms with Crippen LogP contribution in [0.15, 0.2) is 30.9 Å². The van der Waals surface area contributed by atoms with E-state index >= 15 is 0 Å². The fourth-order valence-electron chi connectivity index (χ4n) is 6.92. The second-order valence-electron chi connectivity index (χ2n) is 13.7. The largest absolute Gasteiger partial charge is 0.452 e. The van der Waals surface area contributed by atoms with E-state index in [1.807, 2.05) is 0 Å². The van der Waals surface area contributed by atoms with E-state index in [1.54, 1.807) is 19.1 Å². The number of rotatable bonds is 12. The van der Waals surface area contributed by atoms with Crippen molar-refractivity contribution in [2.45, 2.75) is 88.5 Å². The summed E-state index contributed by atoms with van der Waals surface area (Å²) in [5.41, 5.74) is -0.328. The third-order valence-electron chi connectivity index (χ3n) is 10.1. The van der Waals surface area contributed by atoms with Crippen LogP contribution in [0.3, 0.4) is 0 Å². The molecule has 4 amide bonds. The van der Waals surface area contributed by atoms with Gasteiger partial charge in [-0.3, -0.25) is 33.6 Å². The van der Waals surface area contributed by atoms with Crippen molar-refractivity contribution in [3.05, 3.63) is 47.8 Å². The van der Waals surface area contributed by atoms with Crippen molar-refractivity contribution in [1.82, 2.24) is 19.8 Å². The van der Waals surface area contributed by atoms with Gasteiger partial charge in [-0.1, -0.05) is 25.1 Å². The number of likely N-dealkylation sites (tertiary alicyclic amines) is 1. The summed E-state index contributed by atoms with van der Waals surface area (Å²) in [6.45, 7) is 5.11. The van der Waals surface area contributed by atoms with Gasteiger partial charge in [-0.15, -0.1) is 6.58 Å². The molecule has 2 saturated heterocycles. The standard InChI is InChI=1S/C33H39FN4O10S/c1-3-20-12-33(20,31(43)36-49(45,46)22-7-8-22)13-26(39)25-11-21(47-32(44)37-15-19-5-4-6-24(34)23(19)17-37)16-38(25)30(42)18(2)14-35-29(41)27-9-10-28(40)48-27/h3-6,18,20-22,25,27H,1,7-17H2,2H3,(H,35,41)(H,36,43)/t18-,20+,21?,25-,27-,33+/m0/s1. The molecule has 1 aromatic rings. The number of hydrogen-bond acceptors (Lipinski definition) is 10. The molecule has 1 unspecified atom stereocenters. The van der Waals surface area contributed by atoms with Crippen molar-refractivity contribution in [3.63, 3.8) is 0 Å². The SMILES string of the molecule is C=C[C@@H]1C[C@]1(CC(=O)[C@@H]1CC(OC(=O)N2Cc3cccc(F)c3C2)CN1C(=O)[C@@H](C)CNC(=O)[C@@H]1CCC(=O)O1)C(=O)NS(=O)(=O)C1CC1. The number of nitrogens with zero attached hydrogens (tertiary/aromatic N) is 2. The van der Waals surface area contributed by atoms with Gasteiger partial charge in [0, 0.05) is 44.3 Å². The summed E-state index contributed by atoms with van der Waals surface area (Å²) in [5.74, 6) is -4.61. The van der Waals surface area contributed by atoms with Crippen LogP contribution < -0.4 is 10.0 Å². The number of nitrogens with one attached hydrogen (secondary N) is 2. The molecule has 264 valence electrons. The zero-order valence-electron chi connectivity index (χ0n) is 27.0. The summed E-state index contributed by atoms with van der Waals surface area (Å²) < 4.78 is 52.3. The van der Waals surface area contributed by atoms with Gasteiger partial charge >= 0.3 is 12.1 Å². The molecule has 5 aliphatic rings. The van der Waals surface area contributed by atoms with Gasteiger partial charge in [0.2, 0.25) is 21.8 Å². The van der Waals surface area contributed by atoms with Crippen molar-refractivity contribution >= 4 is 45.6 Å². The Morgan fingerprint density at radius 2 is 1.94 bits per heavy atom. The highest BCUT2D eigenvalue weighted by atomic mass is 32.2. The Morgan fingerprint density at radius 3 is 2.57 bits per heavy atom. The van der Waals surface area contributed by atoms with Gasteiger partial charge in [-0.25, -0.2) is 17.6 Å². The number of amides is 4. The normalized spacial score (nSPS) is 27.9. The van der Waals surface area contributed by atoms with E-state index in [4.69, 9.17) is 9.47 Å². The van der Waals surface area contributed by atoms with Gasteiger partial charge in [0.05, 0.1) is 35.7 Å². The number of benzene rings is 1. The van der Waals surface area contributed by atoms with Crippen LogP contribution in [0.2, 0.25) is 0 Å². The average molecular weight is 703 g/mol. The van der Waals surface area contributed by atoms with E-state index in [9.17, 15) is 41.6 Å². The van der Waals surface area contributed by atoms with Crippen molar-refractivity contribution in [1.29, 1.82) is 0 Å². The molecular formula is C33H39FN4O10S. The molecule has 3 aliphatic heterocycles.